The molecule has 0 aromatic carbocycles. The summed E-state index contributed by atoms with van der Waals surface area (Å²) >= 11 is 0. The Bertz CT molecular complexity index is 304. The normalized spacial score (nSPS) is 45.2. The summed E-state index contributed by atoms with van der Waals surface area (Å²) in [5.74, 6) is 0.955. The van der Waals surface area contributed by atoms with Crippen molar-refractivity contribution in [3.63, 3.8) is 0 Å². The summed E-state index contributed by atoms with van der Waals surface area (Å²) < 4.78 is 0. The van der Waals surface area contributed by atoms with Crippen LogP contribution in [-0.2, 0) is 0 Å². The van der Waals surface area contributed by atoms with Crippen molar-refractivity contribution < 1.29 is 4.90 Å². The third-order valence-electron chi connectivity index (χ3n) is 5.24. The van der Waals surface area contributed by atoms with Crippen molar-refractivity contribution in [1.82, 2.24) is 0 Å². The van der Waals surface area contributed by atoms with Gasteiger partial charge in [0.25, 0.3) is 0 Å². The molecule has 0 aromatic heterocycles. The highest BCUT2D eigenvalue weighted by Gasteiger charge is 2.47. The van der Waals surface area contributed by atoms with E-state index in [0.29, 0.717) is 5.54 Å². The standard InChI is InChI=1S/C14H23N/c1-11-6-8-14(2)13-5-3-4-12(13)7-9-15(14)10-11/h11H,3-10H2,1-2H3/p+1/t11-,14-/m0/s1. The first kappa shape index (κ1) is 9.89. The smallest absolute Gasteiger partial charge is 0.117 e. The van der Waals surface area contributed by atoms with E-state index in [1.807, 2.05) is 16.0 Å². The molecule has 1 saturated heterocycles. The monoisotopic (exact) mass is 206 g/mol. The molecule has 1 fully saturated rings. The van der Waals surface area contributed by atoms with Gasteiger partial charge in [0.2, 0.25) is 0 Å². The molecule has 0 radical (unpaired) electrons. The van der Waals surface area contributed by atoms with Gasteiger partial charge in [0.15, 0.2) is 0 Å². The zero-order valence-corrected chi connectivity index (χ0v) is 10.2. The van der Waals surface area contributed by atoms with E-state index in [9.17, 15) is 0 Å². The van der Waals surface area contributed by atoms with Crippen molar-refractivity contribution >= 4 is 0 Å². The Kier molecular flexibility index (Phi) is 2.21. The van der Waals surface area contributed by atoms with E-state index in [1.54, 1.807) is 0 Å². The fraction of sp³-hybridized carbons (Fsp3) is 0.857. The topological polar surface area (TPSA) is 4.44 Å². The maximum atomic E-state index is 2.55. The highest BCUT2D eigenvalue weighted by atomic mass is 15.2. The van der Waals surface area contributed by atoms with Crippen molar-refractivity contribution in [2.45, 2.75) is 57.9 Å². The van der Waals surface area contributed by atoms with Crippen LogP contribution in [0, 0.1) is 5.92 Å². The molecule has 1 N–H and O–H groups in total. The maximum Gasteiger partial charge on any atom is 0.117 e. The van der Waals surface area contributed by atoms with Crippen LogP contribution in [0.15, 0.2) is 11.1 Å². The summed E-state index contributed by atoms with van der Waals surface area (Å²) in [4.78, 5) is 1.90. The maximum absolute atomic E-state index is 2.55. The lowest BCUT2D eigenvalue weighted by Crippen LogP contribution is -3.22. The highest BCUT2D eigenvalue weighted by molar-refractivity contribution is 5.29. The average Bonchev–Trinajstić information content (AvgIpc) is 2.68. The van der Waals surface area contributed by atoms with Gasteiger partial charge in [0.05, 0.1) is 13.1 Å². The summed E-state index contributed by atoms with van der Waals surface area (Å²) in [7, 11) is 0. The Balaban J connectivity index is 1.94. The lowest BCUT2D eigenvalue weighted by Gasteiger charge is -2.48. The molecule has 84 valence electrons. The summed E-state index contributed by atoms with van der Waals surface area (Å²) in [6.45, 7) is 7.83. The van der Waals surface area contributed by atoms with Gasteiger partial charge in [-0.3, -0.25) is 0 Å². The van der Waals surface area contributed by atoms with Crippen LogP contribution in [0.2, 0.25) is 0 Å². The lowest BCUT2D eigenvalue weighted by atomic mass is 9.75. The number of piperidine rings is 1. The third kappa shape index (κ3) is 1.39. The van der Waals surface area contributed by atoms with Crippen molar-refractivity contribution in [2.75, 3.05) is 13.1 Å². The SMILES string of the molecule is C[C@H]1CC[C@@]2(C)C3=C(CCC3)CC[NH+]2C1. The summed E-state index contributed by atoms with van der Waals surface area (Å²) in [5.41, 5.74) is 4.29. The molecule has 3 aliphatic rings. The predicted molar refractivity (Wildman–Crippen MR) is 63.0 cm³/mol. The van der Waals surface area contributed by atoms with Crippen molar-refractivity contribution in [1.29, 1.82) is 0 Å². The molecular weight excluding hydrogens is 182 g/mol. The molecule has 3 atom stereocenters. The van der Waals surface area contributed by atoms with Crippen molar-refractivity contribution in [3.05, 3.63) is 11.1 Å². The van der Waals surface area contributed by atoms with Crippen LogP contribution in [0.25, 0.3) is 0 Å². The Morgan fingerprint density at radius 3 is 3.00 bits per heavy atom. The molecular formula is C14H24N+. The van der Waals surface area contributed by atoms with Gasteiger partial charge in [-0.25, -0.2) is 0 Å². The Morgan fingerprint density at radius 1 is 1.27 bits per heavy atom. The molecule has 2 heterocycles. The highest BCUT2D eigenvalue weighted by Crippen LogP contribution is 2.39. The molecule has 2 aliphatic heterocycles. The van der Waals surface area contributed by atoms with E-state index in [1.165, 1.54) is 51.6 Å². The van der Waals surface area contributed by atoms with Crippen molar-refractivity contribution in [3.8, 4) is 0 Å². The molecule has 3 rings (SSSR count). The van der Waals surface area contributed by atoms with E-state index in [4.69, 9.17) is 0 Å². The molecule has 15 heavy (non-hydrogen) atoms. The minimum absolute atomic E-state index is 0.552. The Labute approximate surface area is 93.5 Å². The van der Waals surface area contributed by atoms with E-state index >= 15 is 0 Å². The Morgan fingerprint density at radius 2 is 2.13 bits per heavy atom. The fourth-order valence-electron chi connectivity index (χ4n) is 4.25. The third-order valence-corrected chi connectivity index (χ3v) is 5.24. The molecule has 0 spiro atoms. The van der Waals surface area contributed by atoms with Gasteiger partial charge >= 0.3 is 0 Å². The minimum Gasteiger partial charge on any atom is -0.326 e. The number of quaternary nitrogens is 1. The number of fused-ring (bicyclic) bond motifs is 2. The molecule has 1 nitrogen and oxygen atoms in total. The second-order valence-electron chi connectivity index (χ2n) is 6.22. The summed E-state index contributed by atoms with van der Waals surface area (Å²) in [6.07, 6.45) is 8.60. The number of hydrogen-bond acceptors (Lipinski definition) is 0. The molecule has 1 heteroatoms. The van der Waals surface area contributed by atoms with Crippen LogP contribution in [0.5, 0.6) is 0 Å². The van der Waals surface area contributed by atoms with Gasteiger partial charge in [-0.05, 0) is 38.2 Å². The zero-order chi connectivity index (χ0) is 10.5. The first-order chi connectivity index (χ1) is 7.20. The van der Waals surface area contributed by atoms with Crippen LogP contribution in [-0.4, -0.2) is 18.6 Å². The molecule has 0 bridgehead atoms. The van der Waals surface area contributed by atoms with Crippen LogP contribution in [0.4, 0.5) is 0 Å². The summed E-state index contributed by atoms with van der Waals surface area (Å²) in [6, 6.07) is 0. The predicted octanol–water partition coefficient (Wildman–Crippen LogP) is 1.94. The van der Waals surface area contributed by atoms with E-state index in [0.717, 1.165) is 5.92 Å². The van der Waals surface area contributed by atoms with Gasteiger partial charge < -0.3 is 4.90 Å². The zero-order valence-electron chi connectivity index (χ0n) is 10.2. The summed E-state index contributed by atoms with van der Waals surface area (Å²) in [5, 5.41) is 0. The molecule has 1 aliphatic carbocycles. The minimum atomic E-state index is 0.552. The lowest BCUT2D eigenvalue weighted by molar-refractivity contribution is -0.955. The van der Waals surface area contributed by atoms with Crippen molar-refractivity contribution in [2.24, 2.45) is 5.92 Å². The number of hydrogen-bond donors (Lipinski definition) is 1. The quantitative estimate of drug-likeness (QED) is 0.578. The van der Waals surface area contributed by atoms with Crippen LogP contribution in [0.1, 0.15) is 52.4 Å². The second kappa shape index (κ2) is 3.35. The van der Waals surface area contributed by atoms with Gasteiger partial charge in [-0.2, -0.15) is 0 Å². The number of nitrogens with one attached hydrogen (secondary N) is 1. The van der Waals surface area contributed by atoms with Crippen LogP contribution in [0.3, 0.4) is 0 Å². The first-order valence-corrected chi connectivity index (χ1v) is 6.77. The van der Waals surface area contributed by atoms with Gasteiger partial charge in [0.1, 0.15) is 5.54 Å². The van der Waals surface area contributed by atoms with E-state index < -0.39 is 0 Å². The molecule has 0 saturated carbocycles. The average molecular weight is 206 g/mol. The fourth-order valence-corrected chi connectivity index (χ4v) is 4.25. The molecule has 0 amide bonds. The first-order valence-electron chi connectivity index (χ1n) is 6.77. The van der Waals surface area contributed by atoms with Gasteiger partial charge in [-0.1, -0.05) is 12.5 Å². The van der Waals surface area contributed by atoms with Crippen LogP contribution < -0.4 is 4.90 Å². The molecule has 1 unspecified atom stereocenters. The Hall–Kier alpha value is -0.300. The number of rotatable bonds is 0. The molecule has 0 aromatic rings. The van der Waals surface area contributed by atoms with E-state index in [-0.39, 0.29) is 0 Å². The van der Waals surface area contributed by atoms with Gasteiger partial charge in [-0.15, -0.1) is 0 Å². The van der Waals surface area contributed by atoms with Crippen LogP contribution >= 0.6 is 0 Å². The largest absolute Gasteiger partial charge is 0.326 e. The van der Waals surface area contributed by atoms with Gasteiger partial charge in [0, 0.05) is 18.8 Å². The van der Waals surface area contributed by atoms with E-state index in [2.05, 4.69) is 13.8 Å². The second-order valence-corrected chi connectivity index (χ2v) is 6.22.